The van der Waals surface area contributed by atoms with Crippen LogP contribution >= 0.6 is 0 Å². The monoisotopic (exact) mass is 355 g/mol. The molecule has 0 saturated heterocycles. The van der Waals surface area contributed by atoms with Gasteiger partial charge in [-0.1, -0.05) is 38.1 Å². The lowest BCUT2D eigenvalue weighted by Gasteiger charge is -2.12. The second-order valence-electron chi connectivity index (χ2n) is 7.08. The van der Waals surface area contributed by atoms with Gasteiger partial charge in [0.25, 0.3) is 0 Å². The molecule has 1 heterocycles. The summed E-state index contributed by atoms with van der Waals surface area (Å²) in [7, 11) is 0. The molecule has 0 unspecified atom stereocenters. The standard InChI is InChI=1S/C21H33N5/c1-5-22-21(24-11-7-8-17(2)3)25-15-19-9-6-10-20(14-19)16-26-13-12-23-18(26)4/h6,9-10,12-14,17H,5,7-8,11,15-16H2,1-4H3,(H2,22,24,25). The molecule has 0 bridgehead atoms. The Morgan fingerprint density at radius 1 is 1.23 bits per heavy atom. The first-order valence-corrected chi connectivity index (χ1v) is 9.66. The molecule has 1 aromatic carbocycles. The van der Waals surface area contributed by atoms with Gasteiger partial charge in [0.2, 0.25) is 0 Å². The van der Waals surface area contributed by atoms with Crippen molar-refractivity contribution in [3.05, 3.63) is 53.6 Å². The molecule has 0 atom stereocenters. The first-order valence-electron chi connectivity index (χ1n) is 9.66. The molecule has 5 heteroatoms. The molecule has 142 valence electrons. The van der Waals surface area contributed by atoms with Gasteiger partial charge in [-0.3, -0.25) is 0 Å². The zero-order chi connectivity index (χ0) is 18.8. The highest BCUT2D eigenvalue weighted by Gasteiger charge is 2.02. The third-order valence-electron chi connectivity index (χ3n) is 4.28. The van der Waals surface area contributed by atoms with Gasteiger partial charge in [-0.15, -0.1) is 0 Å². The summed E-state index contributed by atoms with van der Waals surface area (Å²) in [6.07, 6.45) is 6.27. The summed E-state index contributed by atoms with van der Waals surface area (Å²) >= 11 is 0. The van der Waals surface area contributed by atoms with Crippen LogP contribution in [0, 0.1) is 12.8 Å². The number of nitrogens with zero attached hydrogens (tertiary/aromatic N) is 3. The van der Waals surface area contributed by atoms with E-state index in [1.807, 2.05) is 19.3 Å². The Hall–Kier alpha value is -2.30. The molecule has 2 aromatic rings. The Bertz CT molecular complexity index is 687. The first kappa shape index (κ1) is 20.0. The Kier molecular flexibility index (Phi) is 8.19. The summed E-state index contributed by atoms with van der Waals surface area (Å²) in [5, 5.41) is 6.76. The van der Waals surface area contributed by atoms with Crippen LogP contribution in [-0.4, -0.2) is 28.6 Å². The number of benzene rings is 1. The molecule has 0 spiro atoms. The molecule has 2 rings (SSSR count). The topological polar surface area (TPSA) is 54.2 Å². The number of nitrogens with one attached hydrogen (secondary N) is 2. The lowest BCUT2D eigenvalue weighted by Crippen LogP contribution is -2.37. The highest BCUT2D eigenvalue weighted by molar-refractivity contribution is 5.79. The van der Waals surface area contributed by atoms with Crippen molar-refractivity contribution < 1.29 is 0 Å². The third-order valence-corrected chi connectivity index (χ3v) is 4.28. The minimum absolute atomic E-state index is 0.677. The molecule has 0 fully saturated rings. The number of imidazole rings is 1. The Balaban J connectivity index is 1.93. The lowest BCUT2D eigenvalue weighted by atomic mass is 10.1. The summed E-state index contributed by atoms with van der Waals surface area (Å²) in [5.41, 5.74) is 2.49. The smallest absolute Gasteiger partial charge is 0.191 e. The molecule has 0 aliphatic carbocycles. The summed E-state index contributed by atoms with van der Waals surface area (Å²) in [5.74, 6) is 2.68. The molecule has 26 heavy (non-hydrogen) atoms. The van der Waals surface area contributed by atoms with E-state index in [1.54, 1.807) is 0 Å². The SMILES string of the molecule is CCNC(=NCc1cccc(Cn2ccnc2C)c1)NCCCC(C)C. The van der Waals surface area contributed by atoms with Crippen molar-refractivity contribution in [2.24, 2.45) is 10.9 Å². The van der Waals surface area contributed by atoms with Crippen LogP contribution in [0.5, 0.6) is 0 Å². The highest BCUT2D eigenvalue weighted by Crippen LogP contribution is 2.10. The second-order valence-corrected chi connectivity index (χ2v) is 7.08. The predicted octanol–water partition coefficient (Wildman–Crippen LogP) is 3.73. The maximum absolute atomic E-state index is 4.73. The maximum atomic E-state index is 4.73. The average Bonchev–Trinajstić information content (AvgIpc) is 3.01. The largest absolute Gasteiger partial charge is 0.357 e. The van der Waals surface area contributed by atoms with E-state index in [4.69, 9.17) is 4.99 Å². The summed E-state index contributed by atoms with van der Waals surface area (Å²) in [6.45, 7) is 12.0. The molecular weight excluding hydrogens is 322 g/mol. The predicted molar refractivity (Wildman–Crippen MR) is 109 cm³/mol. The van der Waals surface area contributed by atoms with Crippen LogP contribution in [0.15, 0.2) is 41.7 Å². The summed E-state index contributed by atoms with van der Waals surface area (Å²) in [6, 6.07) is 8.62. The number of hydrogen-bond acceptors (Lipinski definition) is 2. The van der Waals surface area contributed by atoms with E-state index < -0.39 is 0 Å². The van der Waals surface area contributed by atoms with Crippen LogP contribution in [0.1, 0.15) is 50.6 Å². The lowest BCUT2D eigenvalue weighted by molar-refractivity contribution is 0.549. The van der Waals surface area contributed by atoms with Crippen molar-refractivity contribution in [3.63, 3.8) is 0 Å². The third kappa shape index (κ3) is 6.90. The van der Waals surface area contributed by atoms with Gasteiger partial charge in [-0.05, 0) is 43.7 Å². The van der Waals surface area contributed by atoms with Crippen LogP contribution in [-0.2, 0) is 13.1 Å². The summed E-state index contributed by atoms with van der Waals surface area (Å²) in [4.78, 5) is 9.02. The molecule has 0 amide bonds. The van der Waals surface area contributed by atoms with Gasteiger partial charge in [-0.25, -0.2) is 9.98 Å². The molecule has 0 radical (unpaired) electrons. The first-order chi connectivity index (χ1) is 12.6. The number of aromatic nitrogens is 2. The average molecular weight is 356 g/mol. The van der Waals surface area contributed by atoms with E-state index in [-0.39, 0.29) is 0 Å². The van der Waals surface area contributed by atoms with E-state index >= 15 is 0 Å². The molecule has 0 aliphatic rings. The van der Waals surface area contributed by atoms with Crippen LogP contribution in [0.2, 0.25) is 0 Å². The molecule has 1 aromatic heterocycles. The fourth-order valence-corrected chi connectivity index (χ4v) is 2.82. The van der Waals surface area contributed by atoms with Gasteiger partial charge in [0, 0.05) is 32.0 Å². The number of rotatable bonds is 9. The molecule has 5 nitrogen and oxygen atoms in total. The normalized spacial score (nSPS) is 11.8. The Labute approximate surface area is 158 Å². The fraction of sp³-hybridized carbons (Fsp3) is 0.524. The van der Waals surface area contributed by atoms with Gasteiger partial charge in [0.05, 0.1) is 6.54 Å². The van der Waals surface area contributed by atoms with E-state index in [1.165, 1.54) is 24.0 Å². The Morgan fingerprint density at radius 3 is 2.73 bits per heavy atom. The molecule has 0 aliphatic heterocycles. The number of guanidine groups is 1. The van der Waals surface area contributed by atoms with Crippen LogP contribution in [0.4, 0.5) is 0 Å². The van der Waals surface area contributed by atoms with Crippen LogP contribution in [0.3, 0.4) is 0 Å². The number of aryl methyl sites for hydroxylation is 1. The van der Waals surface area contributed by atoms with E-state index in [0.717, 1.165) is 37.3 Å². The van der Waals surface area contributed by atoms with Gasteiger partial charge >= 0.3 is 0 Å². The zero-order valence-electron chi connectivity index (χ0n) is 16.6. The summed E-state index contributed by atoms with van der Waals surface area (Å²) < 4.78 is 2.16. The minimum atomic E-state index is 0.677. The fourth-order valence-electron chi connectivity index (χ4n) is 2.82. The van der Waals surface area contributed by atoms with Crippen molar-refractivity contribution in [1.29, 1.82) is 0 Å². The van der Waals surface area contributed by atoms with Gasteiger partial charge < -0.3 is 15.2 Å². The molecular formula is C21H33N5. The van der Waals surface area contributed by atoms with Crippen molar-refractivity contribution in [2.75, 3.05) is 13.1 Å². The van der Waals surface area contributed by atoms with E-state index in [9.17, 15) is 0 Å². The van der Waals surface area contributed by atoms with Crippen molar-refractivity contribution in [1.82, 2.24) is 20.2 Å². The van der Waals surface area contributed by atoms with Gasteiger partial charge in [-0.2, -0.15) is 0 Å². The van der Waals surface area contributed by atoms with Crippen molar-refractivity contribution in [3.8, 4) is 0 Å². The molecule has 2 N–H and O–H groups in total. The number of hydrogen-bond donors (Lipinski definition) is 2. The second kappa shape index (κ2) is 10.6. The number of aliphatic imine (C=N–C) groups is 1. The highest BCUT2D eigenvalue weighted by atomic mass is 15.2. The van der Waals surface area contributed by atoms with E-state index in [2.05, 4.69) is 65.2 Å². The van der Waals surface area contributed by atoms with Gasteiger partial charge in [0.15, 0.2) is 5.96 Å². The van der Waals surface area contributed by atoms with Crippen LogP contribution in [0.25, 0.3) is 0 Å². The Morgan fingerprint density at radius 2 is 2.04 bits per heavy atom. The van der Waals surface area contributed by atoms with E-state index in [0.29, 0.717) is 6.54 Å². The quantitative estimate of drug-likeness (QED) is 0.409. The zero-order valence-corrected chi connectivity index (χ0v) is 16.6. The molecule has 0 saturated carbocycles. The minimum Gasteiger partial charge on any atom is -0.357 e. The van der Waals surface area contributed by atoms with Crippen LogP contribution < -0.4 is 10.6 Å². The van der Waals surface area contributed by atoms with Crippen molar-refractivity contribution in [2.45, 2.75) is 53.6 Å². The maximum Gasteiger partial charge on any atom is 0.191 e. The van der Waals surface area contributed by atoms with Gasteiger partial charge in [0.1, 0.15) is 5.82 Å². The van der Waals surface area contributed by atoms with Crippen molar-refractivity contribution >= 4 is 5.96 Å².